The van der Waals surface area contributed by atoms with E-state index in [2.05, 4.69) is 26.3 Å². The first-order chi connectivity index (χ1) is 9.14. The van der Waals surface area contributed by atoms with Gasteiger partial charge in [-0.15, -0.1) is 0 Å². The molecule has 1 aromatic rings. The standard InChI is InChI=1S/C11H16BrF3N4O/c1-18(2)6-4-5-16-10(20)8-7(12)9(11(13,14)15)17-19(8)3/h4-6H2,1-3H3,(H,16,20). The Kier molecular flexibility index (Phi) is 5.58. The molecule has 0 aliphatic carbocycles. The topological polar surface area (TPSA) is 50.2 Å². The zero-order valence-electron chi connectivity index (χ0n) is 11.4. The fourth-order valence-corrected chi connectivity index (χ4v) is 2.35. The maximum atomic E-state index is 12.7. The average molecular weight is 357 g/mol. The third kappa shape index (κ3) is 4.20. The lowest BCUT2D eigenvalue weighted by Crippen LogP contribution is -2.28. The summed E-state index contributed by atoms with van der Waals surface area (Å²) in [5.74, 6) is -0.582. The van der Waals surface area contributed by atoms with E-state index in [1.165, 1.54) is 7.05 Å². The van der Waals surface area contributed by atoms with E-state index < -0.39 is 17.8 Å². The molecular formula is C11H16BrF3N4O. The number of alkyl halides is 3. The molecule has 1 heterocycles. The Morgan fingerprint density at radius 2 is 2.05 bits per heavy atom. The molecule has 1 rings (SSSR count). The number of carbonyl (C=O) groups is 1. The van der Waals surface area contributed by atoms with Crippen molar-refractivity contribution in [1.29, 1.82) is 0 Å². The van der Waals surface area contributed by atoms with Gasteiger partial charge in [-0.1, -0.05) is 0 Å². The van der Waals surface area contributed by atoms with Crippen LogP contribution < -0.4 is 5.32 Å². The molecule has 0 unspecified atom stereocenters. The van der Waals surface area contributed by atoms with Crippen molar-refractivity contribution < 1.29 is 18.0 Å². The molecule has 0 saturated carbocycles. The molecule has 0 aromatic carbocycles. The molecule has 0 saturated heterocycles. The smallest absolute Gasteiger partial charge is 0.351 e. The van der Waals surface area contributed by atoms with Crippen LogP contribution in [0, 0.1) is 0 Å². The van der Waals surface area contributed by atoms with Crippen LogP contribution in [0.15, 0.2) is 4.47 Å². The summed E-state index contributed by atoms with van der Waals surface area (Å²) in [4.78, 5) is 13.8. The summed E-state index contributed by atoms with van der Waals surface area (Å²) in [6, 6.07) is 0. The average Bonchev–Trinajstić information content (AvgIpc) is 2.59. The minimum absolute atomic E-state index is 0.137. The second-order valence-corrected chi connectivity index (χ2v) is 5.34. The first kappa shape index (κ1) is 17.0. The van der Waals surface area contributed by atoms with Gasteiger partial charge in [-0.05, 0) is 43.0 Å². The van der Waals surface area contributed by atoms with E-state index in [4.69, 9.17) is 0 Å². The van der Waals surface area contributed by atoms with E-state index in [1.54, 1.807) is 0 Å². The molecule has 0 fully saturated rings. The van der Waals surface area contributed by atoms with E-state index in [-0.39, 0.29) is 10.2 Å². The van der Waals surface area contributed by atoms with Gasteiger partial charge in [-0.2, -0.15) is 18.3 Å². The molecule has 0 radical (unpaired) electrons. The van der Waals surface area contributed by atoms with Crippen molar-refractivity contribution in [3.63, 3.8) is 0 Å². The van der Waals surface area contributed by atoms with Crippen molar-refractivity contribution in [3.05, 3.63) is 15.9 Å². The highest BCUT2D eigenvalue weighted by Gasteiger charge is 2.39. The number of hydrogen-bond acceptors (Lipinski definition) is 3. The predicted octanol–water partition coefficient (Wildman–Crippen LogP) is 1.88. The fourth-order valence-electron chi connectivity index (χ4n) is 1.61. The van der Waals surface area contributed by atoms with E-state index >= 15 is 0 Å². The Morgan fingerprint density at radius 1 is 1.45 bits per heavy atom. The second kappa shape index (κ2) is 6.57. The lowest BCUT2D eigenvalue weighted by Gasteiger charge is -2.10. The molecular weight excluding hydrogens is 341 g/mol. The van der Waals surface area contributed by atoms with Crippen LogP contribution in [0.3, 0.4) is 0 Å². The largest absolute Gasteiger partial charge is 0.436 e. The Hall–Kier alpha value is -1.09. The van der Waals surface area contributed by atoms with Crippen molar-refractivity contribution in [2.45, 2.75) is 12.6 Å². The van der Waals surface area contributed by atoms with Gasteiger partial charge in [0.15, 0.2) is 5.69 Å². The van der Waals surface area contributed by atoms with E-state index in [0.29, 0.717) is 13.0 Å². The molecule has 9 heteroatoms. The molecule has 0 bridgehead atoms. The van der Waals surface area contributed by atoms with Crippen LogP contribution in [0.5, 0.6) is 0 Å². The van der Waals surface area contributed by atoms with Gasteiger partial charge < -0.3 is 10.2 Å². The van der Waals surface area contributed by atoms with Crippen molar-refractivity contribution in [1.82, 2.24) is 20.0 Å². The van der Waals surface area contributed by atoms with Crippen LogP contribution in [-0.4, -0.2) is 47.8 Å². The van der Waals surface area contributed by atoms with Gasteiger partial charge in [0.1, 0.15) is 5.69 Å². The third-order valence-corrected chi connectivity index (χ3v) is 3.29. The van der Waals surface area contributed by atoms with Crippen LogP contribution in [0.25, 0.3) is 0 Å². The highest BCUT2D eigenvalue weighted by atomic mass is 79.9. The fraction of sp³-hybridized carbons (Fsp3) is 0.636. The van der Waals surface area contributed by atoms with Gasteiger partial charge in [0, 0.05) is 13.6 Å². The first-order valence-electron chi connectivity index (χ1n) is 5.87. The van der Waals surface area contributed by atoms with Crippen LogP contribution in [0.4, 0.5) is 13.2 Å². The highest BCUT2D eigenvalue weighted by molar-refractivity contribution is 9.10. The number of carbonyl (C=O) groups excluding carboxylic acids is 1. The summed E-state index contributed by atoms with van der Waals surface area (Å²) in [5, 5.41) is 5.91. The molecule has 1 aromatic heterocycles. The highest BCUT2D eigenvalue weighted by Crippen LogP contribution is 2.35. The number of nitrogens with zero attached hydrogens (tertiary/aromatic N) is 3. The van der Waals surface area contributed by atoms with Gasteiger partial charge in [0.25, 0.3) is 5.91 Å². The minimum Gasteiger partial charge on any atom is -0.351 e. The molecule has 5 nitrogen and oxygen atoms in total. The van der Waals surface area contributed by atoms with E-state index in [1.807, 2.05) is 19.0 Å². The molecule has 0 spiro atoms. The van der Waals surface area contributed by atoms with Crippen molar-refractivity contribution in [2.24, 2.45) is 7.05 Å². The molecule has 0 atom stereocenters. The van der Waals surface area contributed by atoms with Crippen LogP contribution in [-0.2, 0) is 13.2 Å². The summed E-state index contributed by atoms with van der Waals surface area (Å²) in [7, 11) is 5.10. The van der Waals surface area contributed by atoms with Crippen LogP contribution in [0.1, 0.15) is 22.6 Å². The van der Waals surface area contributed by atoms with Crippen molar-refractivity contribution >= 4 is 21.8 Å². The minimum atomic E-state index is -4.60. The Balaban J connectivity index is 2.76. The quantitative estimate of drug-likeness (QED) is 0.819. The summed E-state index contributed by atoms with van der Waals surface area (Å²) < 4.78 is 38.6. The number of hydrogen-bond donors (Lipinski definition) is 1. The molecule has 20 heavy (non-hydrogen) atoms. The first-order valence-corrected chi connectivity index (χ1v) is 6.66. The number of aryl methyl sites for hydroxylation is 1. The second-order valence-electron chi connectivity index (χ2n) is 4.55. The molecule has 0 aliphatic heterocycles. The molecule has 1 N–H and O–H groups in total. The normalized spacial score (nSPS) is 12.0. The van der Waals surface area contributed by atoms with Gasteiger partial charge in [-0.25, -0.2) is 0 Å². The van der Waals surface area contributed by atoms with Crippen LogP contribution in [0.2, 0.25) is 0 Å². The predicted molar refractivity (Wildman–Crippen MR) is 71.4 cm³/mol. The molecule has 1 amide bonds. The Bertz CT molecular complexity index is 485. The summed E-state index contributed by atoms with van der Waals surface area (Å²) in [6.45, 7) is 1.16. The maximum absolute atomic E-state index is 12.7. The van der Waals surface area contributed by atoms with Crippen molar-refractivity contribution in [2.75, 3.05) is 27.2 Å². The van der Waals surface area contributed by atoms with Crippen molar-refractivity contribution in [3.8, 4) is 0 Å². The zero-order valence-corrected chi connectivity index (χ0v) is 13.0. The van der Waals surface area contributed by atoms with E-state index in [9.17, 15) is 18.0 Å². The van der Waals surface area contributed by atoms with Crippen LogP contribution >= 0.6 is 15.9 Å². The SMILES string of the molecule is CN(C)CCCNC(=O)c1c(Br)c(C(F)(F)F)nn1C. The van der Waals surface area contributed by atoms with Gasteiger partial charge in [0.2, 0.25) is 0 Å². The van der Waals surface area contributed by atoms with E-state index in [0.717, 1.165) is 11.2 Å². The number of rotatable bonds is 5. The lowest BCUT2D eigenvalue weighted by molar-refractivity contribution is -0.142. The third-order valence-electron chi connectivity index (χ3n) is 2.54. The summed E-state index contributed by atoms with van der Waals surface area (Å²) >= 11 is 2.80. The van der Waals surface area contributed by atoms with Gasteiger partial charge in [-0.3, -0.25) is 9.48 Å². The Labute approximate surface area is 123 Å². The van der Waals surface area contributed by atoms with Gasteiger partial charge >= 0.3 is 6.18 Å². The number of aromatic nitrogens is 2. The summed E-state index contributed by atoms with van der Waals surface area (Å²) in [6.07, 6.45) is -3.89. The lowest BCUT2D eigenvalue weighted by atomic mass is 10.3. The summed E-state index contributed by atoms with van der Waals surface area (Å²) in [5.41, 5.74) is -1.24. The molecule has 0 aliphatic rings. The number of amides is 1. The number of nitrogens with one attached hydrogen (secondary N) is 1. The maximum Gasteiger partial charge on any atom is 0.436 e. The Morgan fingerprint density at radius 3 is 2.50 bits per heavy atom. The molecule has 114 valence electrons. The zero-order chi connectivity index (χ0) is 15.5. The van der Waals surface area contributed by atoms with Gasteiger partial charge in [0.05, 0.1) is 4.47 Å². The number of halogens is 4. The monoisotopic (exact) mass is 356 g/mol.